The van der Waals surface area contributed by atoms with Crippen molar-refractivity contribution >= 4 is 22.9 Å². The lowest BCUT2D eigenvalue weighted by atomic mass is 10.1. The van der Waals surface area contributed by atoms with Gasteiger partial charge in [-0.15, -0.1) is 5.10 Å². The second-order valence-corrected chi connectivity index (χ2v) is 8.30. The maximum Gasteiger partial charge on any atom is 0.330 e. The summed E-state index contributed by atoms with van der Waals surface area (Å²) in [5.41, 5.74) is -0.262. The van der Waals surface area contributed by atoms with E-state index in [-0.39, 0.29) is 5.54 Å². The van der Waals surface area contributed by atoms with E-state index in [1.807, 2.05) is 27.7 Å². The highest BCUT2D eigenvalue weighted by Gasteiger charge is 2.21. The van der Waals surface area contributed by atoms with Gasteiger partial charge in [0.15, 0.2) is 11.2 Å². The number of aromatic amines is 1. The topological polar surface area (TPSA) is 116 Å². The average Bonchev–Trinajstić information content (AvgIpc) is 3.17. The molecule has 0 atom stereocenters. The van der Waals surface area contributed by atoms with Crippen LogP contribution in [0.3, 0.4) is 0 Å². The van der Waals surface area contributed by atoms with Gasteiger partial charge in [-0.3, -0.25) is 14.3 Å². The van der Waals surface area contributed by atoms with Crippen LogP contribution in [0, 0.1) is 0 Å². The molecule has 0 unspecified atom stereocenters. The molecule has 0 aliphatic heterocycles. The van der Waals surface area contributed by atoms with Gasteiger partial charge >= 0.3 is 5.69 Å². The second-order valence-electron chi connectivity index (χ2n) is 7.36. The van der Waals surface area contributed by atoms with Crippen LogP contribution in [0.1, 0.15) is 46.4 Å². The molecular formula is C16H24N8O2S. The monoisotopic (exact) mass is 392 g/mol. The zero-order chi connectivity index (χ0) is 19.8. The first-order valence-corrected chi connectivity index (χ1v) is 9.82. The van der Waals surface area contributed by atoms with E-state index in [1.54, 1.807) is 16.3 Å². The van der Waals surface area contributed by atoms with Crippen LogP contribution in [-0.4, -0.2) is 39.3 Å². The summed E-state index contributed by atoms with van der Waals surface area (Å²) in [6.07, 6.45) is 1.78. The molecule has 0 bridgehead atoms. The van der Waals surface area contributed by atoms with Gasteiger partial charge < -0.3 is 4.57 Å². The Morgan fingerprint density at radius 2 is 1.96 bits per heavy atom. The molecule has 3 rings (SSSR count). The fourth-order valence-corrected chi connectivity index (χ4v) is 3.81. The van der Waals surface area contributed by atoms with Crippen molar-refractivity contribution in [3.05, 3.63) is 26.7 Å². The van der Waals surface area contributed by atoms with Gasteiger partial charge in [-0.25, -0.2) is 14.5 Å². The van der Waals surface area contributed by atoms with Crippen LogP contribution in [0.4, 0.5) is 0 Å². The van der Waals surface area contributed by atoms with Crippen LogP contribution in [0.15, 0.2) is 14.7 Å². The third-order valence-electron chi connectivity index (χ3n) is 4.25. The molecule has 27 heavy (non-hydrogen) atoms. The SMILES string of the molecule is CCCCn1c(=O)[nH]c(=O)c2c1nc(CSc1nnnn1C(C)(C)C)n2C. The number of aromatic nitrogens is 8. The molecule has 0 amide bonds. The largest absolute Gasteiger partial charge is 0.330 e. The number of imidazole rings is 1. The van der Waals surface area contributed by atoms with Gasteiger partial charge in [0.2, 0.25) is 5.16 Å². The van der Waals surface area contributed by atoms with Gasteiger partial charge in [0, 0.05) is 13.6 Å². The van der Waals surface area contributed by atoms with Gasteiger partial charge in [-0.1, -0.05) is 25.1 Å². The Bertz CT molecular complexity index is 1070. The number of thioether (sulfide) groups is 1. The number of tetrazole rings is 1. The summed E-state index contributed by atoms with van der Waals surface area (Å²) in [6, 6.07) is 0. The van der Waals surface area contributed by atoms with Crippen molar-refractivity contribution in [3.63, 3.8) is 0 Å². The number of nitrogens with one attached hydrogen (secondary N) is 1. The van der Waals surface area contributed by atoms with Crippen LogP contribution >= 0.6 is 11.8 Å². The lowest BCUT2D eigenvalue weighted by molar-refractivity contribution is 0.321. The first-order valence-electron chi connectivity index (χ1n) is 8.84. The number of H-pyrrole nitrogens is 1. The third kappa shape index (κ3) is 3.68. The van der Waals surface area contributed by atoms with Crippen LogP contribution in [-0.2, 0) is 24.9 Å². The summed E-state index contributed by atoms with van der Waals surface area (Å²) >= 11 is 1.44. The highest BCUT2D eigenvalue weighted by atomic mass is 32.2. The van der Waals surface area contributed by atoms with Gasteiger partial charge in [-0.2, -0.15) is 0 Å². The molecule has 0 radical (unpaired) electrons. The molecule has 0 fully saturated rings. The molecule has 11 heteroatoms. The molecule has 1 N–H and O–H groups in total. The molecule has 10 nitrogen and oxygen atoms in total. The zero-order valence-corrected chi connectivity index (χ0v) is 17.0. The first-order chi connectivity index (χ1) is 12.7. The Morgan fingerprint density at radius 1 is 1.22 bits per heavy atom. The van der Waals surface area contributed by atoms with E-state index in [2.05, 4.69) is 25.5 Å². The zero-order valence-electron chi connectivity index (χ0n) is 16.2. The molecule has 0 spiro atoms. The number of fused-ring (bicyclic) bond motifs is 1. The average molecular weight is 392 g/mol. The Labute approximate surface area is 160 Å². The van der Waals surface area contributed by atoms with Crippen molar-refractivity contribution in [2.45, 2.75) is 63.5 Å². The van der Waals surface area contributed by atoms with Gasteiger partial charge in [0.05, 0.1) is 11.3 Å². The first kappa shape index (κ1) is 19.3. The van der Waals surface area contributed by atoms with Crippen molar-refractivity contribution in [1.82, 2.24) is 39.3 Å². The smallest absolute Gasteiger partial charge is 0.325 e. The molecule has 0 aliphatic rings. The predicted molar refractivity (Wildman–Crippen MR) is 103 cm³/mol. The van der Waals surface area contributed by atoms with Gasteiger partial charge in [-0.05, 0) is 37.6 Å². The molecule has 0 aromatic carbocycles. The van der Waals surface area contributed by atoms with Crippen molar-refractivity contribution in [1.29, 1.82) is 0 Å². The Kier molecular flexibility index (Phi) is 5.22. The summed E-state index contributed by atoms with van der Waals surface area (Å²) in [5, 5.41) is 12.5. The van der Waals surface area contributed by atoms with Crippen LogP contribution < -0.4 is 11.2 Å². The molecule has 3 aromatic heterocycles. The Morgan fingerprint density at radius 3 is 2.63 bits per heavy atom. The molecular weight excluding hydrogens is 368 g/mol. The van der Waals surface area contributed by atoms with E-state index in [1.165, 1.54) is 16.3 Å². The fourth-order valence-electron chi connectivity index (χ4n) is 2.76. The molecule has 146 valence electrons. The number of unbranched alkanes of at least 4 members (excludes halogenated alkanes) is 1. The van der Waals surface area contributed by atoms with Crippen molar-refractivity contribution in [2.24, 2.45) is 7.05 Å². The number of rotatable bonds is 6. The Balaban J connectivity index is 1.98. The standard InChI is InChI=1S/C16H24N8O2S/c1-6-7-8-23-12-11(13(25)18-14(23)26)22(5)10(17-12)9-27-15-19-20-21-24(15)16(2,3)4/h6-9H2,1-5H3,(H,18,25,26). The lowest BCUT2D eigenvalue weighted by Crippen LogP contribution is -2.31. The van der Waals surface area contributed by atoms with Gasteiger partial charge in [0.25, 0.3) is 5.56 Å². The maximum absolute atomic E-state index is 12.3. The van der Waals surface area contributed by atoms with E-state index >= 15 is 0 Å². The van der Waals surface area contributed by atoms with Crippen LogP contribution in [0.2, 0.25) is 0 Å². The highest BCUT2D eigenvalue weighted by Crippen LogP contribution is 2.25. The normalized spacial score (nSPS) is 12.2. The molecule has 3 heterocycles. The van der Waals surface area contributed by atoms with E-state index in [4.69, 9.17) is 0 Å². The summed E-state index contributed by atoms with van der Waals surface area (Å²) < 4.78 is 5.02. The highest BCUT2D eigenvalue weighted by molar-refractivity contribution is 7.98. The minimum absolute atomic E-state index is 0.240. The number of hydrogen-bond acceptors (Lipinski definition) is 7. The molecule has 0 aliphatic carbocycles. The summed E-state index contributed by atoms with van der Waals surface area (Å²) in [4.78, 5) is 31.5. The molecule has 3 aromatic rings. The second kappa shape index (κ2) is 7.29. The minimum atomic E-state index is -0.423. The molecule has 0 saturated carbocycles. The van der Waals surface area contributed by atoms with Crippen molar-refractivity contribution in [3.8, 4) is 0 Å². The maximum atomic E-state index is 12.3. The molecule has 0 saturated heterocycles. The van der Waals surface area contributed by atoms with E-state index in [0.717, 1.165) is 12.8 Å². The number of hydrogen-bond donors (Lipinski definition) is 1. The van der Waals surface area contributed by atoms with Gasteiger partial charge in [0.1, 0.15) is 5.82 Å². The lowest BCUT2D eigenvalue weighted by Gasteiger charge is -2.19. The quantitative estimate of drug-likeness (QED) is 0.628. The van der Waals surface area contributed by atoms with E-state index in [9.17, 15) is 9.59 Å². The van der Waals surface area contributed by atoms with Crippen molar-refractivity contribution < 1.29 is 0 Å². The summed E-state index contributed by atoms with van der Waals surface area (Å²) in [7, 11) is 1.78. The van der Waals surface area contributed by atoms with Crippen LogP contribution in [0.5, 0.6) is 0 Å². The number of aryl methyl sites for hydroxylation is 2. The van der Waals surface area contributed by atoms with E-state index < -0.39 is 11.2 Å². The van der Waals surface area contributed by atoms with Crippen LogP contribution in [0.25, 0.3) is 11.2 Å². The van der Waals surface area contributed by atoms with Crippen molar-refractivity contribution in [2.75, 3.05) is 0 Å². The predicted octanol–water partition coefficient (Wildman–Crippen LogP) is 1.26. The third-order valence-corrected chi connectivity index (χ3v) is 5.16. The minimum Gasteiger partial charge on any atom is -0.325 e. The summed E-state index contributed by atoms with van der Waals surface area (Å²) in [5.74, 6) is 1.16. The summed E-state index contributed by atoms with van der Waals surface area (Å²) in [6.45, 7) is 8.64. The number of nitrogens with zero attached hydrogens (tertiary/aromatic N) is 7. The van der Waals surface area contributed by atoms with E-state index in [0.29, 0.717) is 34.4 Å². The Hall–Kier alpha value is -2.43. The fraction of sp³-hybridized carbons (Fsp3) is 0.625.